The molecule has 1 aliphatic heterocycles. The molecule has 1 amide bonds. The first-order valence-corrected chi connectivity index (χ1v) is 6.92. The summed E-state index contributed by atoms with van der Waals surface area (Å²) in [5.41, 5.74) is 3.33. The highest BCUT2D eigenvalue weighted by atomic mass is 32.1. The molecule has 1 aromatic heterocycles. The monoisotopic (exact) mass is 269 g/mol. The second kappa shape index (κ2) is 5.79. The van der Waals surface area contributed by atoms with Crippen molar-refractivity contribution in [3.8, 4) is 0 Å². The Morgan fingerprint density at radius 3 is 2.89 bits per heavy atom. The van der Waals surface area contributed by atoms with E-state index in [4.69, 9.17) is 5.84 Å². The lowest BCUT2D eigenvalue weighted by Crippen LogP contribution is -2.35. The zero-order valence-electron chi connectivity index (χ0n) is 10.5. The molecule has 4 N–H and O–H groups in total. The number of carbonyl (C=O) groups is 1. The molecule has 1 aliphatic rings. The van der Waals surface area contributed by atoms with Gasteiger partial charge in [-0.15, -0.1) is 11.3 Å². The lowest BCUT2D eigenvalue weighted by molar-refractivity contribution is 0.0792. The summed E-state index contributed by atoms with van der Waals surface area (Å²) in [6, 6.07) is 1.91. The van der Waals surface area contributed by atoms with Crippen LogP contribution >= 0.6 is 11.3 Å². The number of aliphatic hydroxyl groups is 1. The Bertz CT molecular complexity index is 425. The van der Waals surface area contributed by atoms with E-state index < -0.39 is 0 Å². The third kappa shape index (κ3) is 3.08. The van der Waals surface area contributed by atoms with Crippen LogP contribution in [0.4, 0.5) is 0 Å². The minimum Gasteiger partial charge on any atom is -0.393 e. The first-order chi connectivity index (χ1) is 8.60. The van der Waals surface area contributed by atoms with Gasteiger partial charge in [-0.3, -0.25) is 15.1 Å². The molecule has 0 spiro atoms. The van der Waals surface area contributed by atoms with E-state index >= 15 is 0 Å². The lowest BCUT2D eigenvalue weighted by atomic mass is 10.1. The highest BCUT2D eigenvalue weighted by Gasteiger charge is 2.19. The molecule has 0 unspecified atom stereocenters. The quantitative estimate of drug-likeness (QED) is 0.427. The summed E-state index contributed by atoms with van der Waals surface area (Å²) in [6.07, 6.45) is 1.52. The van der Waals surface area contributed by atoms with Crippen molar-refractivity contribution in [1.82, 2.24) is 10.3 Å². The second-order valence-electron chi connectivity index (χ2n) is 4.67. The van der Waals surface area contributed by atoms with Crippen LogP contribution < -0.4 is 11.3 Å². The first kappa shape index (κ1) is 13.5. The number of aliphatic hydroxyl groups excluding tert-OH is 1. The molecule has 0 aromatic carbocycles. The van der Waals surface area contributed by atoms with Gasteiger partial charge in [-0.1, -0.05) is 0 Å². The standard InChI is InChI=1S/C12H19N3O2S/c1-8-9(6-11(18-8)12(17)14-13)7-15-4-2-10(16)3-5-15/h6,10,16H,2-5,7,13H2,1H3,(H,14,17). The predicted octanol–water partition coefficient (Wildman–Crippen LogP) is 0.617. The molecule has 100 valence electrons. The number of nitrogen functional groups attached to an aromatic ring is 1. The summed E-state index contributed by atoms with van der Waals surface area (Å²) >= 11 is 1.47. The highest BCUT2D eigenvalue weighted by molar-refractivity contribution is 7.14. The predicted molar refractivity (Wildman–Crippen MR) is 71.2 cm³/mol. The van der Waals surface area contributed by atoms with Crippen LogP contribution in [-0.4, -0.2) is 35.1 Å². The normalized spacial score (nSPS) is 17.9. The van der Waals surface area contributed by atoms with E-state index in [1.165, 1.54) is 16.9 Å². The Kier molecular flexibility index (Phi) is 4.34. The number of piperidine rings is 1. The van der Waals surface area contributed by atoms with Gasteiger partial charge in [-0.2, -0.15) is 0 Å². The largest absolute Gasteiger partial charge is 0.393 e. The highest BCUT2D eigenvalue weighted by Crippen LogP contribution is 2.24. The second-order valence-corrected chi connectivity index (χ2v) is 5.93. The van der Waals surface area contributed by atoms with Crippen LogP contribution in [0.15, 0.2) is 6.07 Å². The Balaban J connectivity index is 2.01. The average Bonchev–Trinajstić information content (AvgIpc) is 2.73. The Morgan fingerprint density at radius 2 is 2.28 bits per heavy atom. The summed E-state index contributed by atoms with van der Waals surface area (Å²) in [7, 11) is 0. The van der Waals surface area contributed by atoms with Crippen molar-refractivity contribution in [2.24, 2.45) is 5.84 Å². The molecule has 5 nitrogen and oxygen atoms in total. The van der Waals surface area contributed by atoms with Gasteiger partial charge < -0.3 is 5.11 Å². The summed E-state index contributed by atoms with van der Waals surface area (Å²) in [6.45, 7) is 4.68. The molecule has 0 bridgehead atoms. The van der Waals surface area contributed by atoms with Crippen molar-refractivity contribution in [3.63, 3.8) is 0 Å². The fourth-order valence-corrected chi connectivity index (χ4v) is 3.12. The Morgan fingerprint density at radius 1 is 1.61 bits per heavy atom. The number of hydrogen-bond acceptors (Lipinski definition) is 5. The van der Waals surface area contributed by atoms with Gasteiger partial charge in [0, 0.05) is 24.5 Å². The Hall–Kier alpha value is -0.950. The zero-order chi connectivity index (χ0) is 13.1. The fourth-order valence-electron chi connectivity index (χ4n) is 2.18. The van der Waals surface area contributed by atoms with E-state index in [2.05, 4.69) is 10.3 Å². The molecule has 6 heteroatoms. The molecule has 1 saturated heterocycles. The van der Waals surface area contributed by atoms with Gasteiger partial charge in [0.2, 0.25) is 0 Å². The fraction of sp³-hybridized carbons (Fsp3) is 0.583. The molecule has 1 fully saturated rings. The van der Waals surface area contributed by atoms with Crippen LogP contribution in [0.1, 0.15) is 33.0 Å². The third-order valence-electron chi connectivity index (χ3n) is 3.33. The number of carbonyl (C=O) groups excluding carboxylic acids is 1. The molecular formula is C12H19N3O2S. The number of likely N-dealkylation sites (tertiary alicyclic amines) is 1. The van der Waals surface area contributed by atoms with Crippen molar-refractivity contribution >= 4 is 17.2 Å². The Labute approximate surface area is 111 Å². The molecule has 0 saturated carbocycles. The maximum atomic E-state index is 11.4. The smallest absolute Gasteiger partial charge is 0.275 e. The van der Waals surface area contributed by atoms with Gasteiger partial charge in [0.05, 0.1) is 11.0 Å². The molecule has 2 heterocycles. The van der Waals surface area contributed by atoms with E-state index in [0.717, 1.165) is 37.4 Å². The average molecular weight is 269 g/mol. The number of nitrogens with one attached hydrogen (secondary N) is 1. The van der Waals surface area contributed by atoms with Gasteiger partial charge in [0.25, 0.3) is 5.91 Å². The maximum Gasteiger partial charge on any atom is 0.275 e. The van der Waals surface area contributed by atoms with Crippen LogP contribution in [0.3, 0.4) is 0 Å². The van der Waals surface area contributed by atoms with Gasteiger partial charge in [-0.25, -0.2) is 5.84 Å². The van der Waals surface area contributed by atoms with Crippen LogP contribution in [0, 0.1) is 6.92 Å². The van der Waals surface area contributed by atoms with E-state index in [-0.39, 0.29) is 12.0 Å². The molecule has 0 radical (unpaired) electrons. The van der Waals surface area contributed by atoms with Gasteiger partial charge in [0.15, 0.2) is 0 Å². The maximum absolute atomic E-state index is 11.4. The lowest BCUT2D eigenvalue weighted by Gasteiger charge is -2.29. The van der Waals surface area contributed by atoms with Crippen molar-refractivity contribution < 1.29 is 9.90 Å². The summed E-state index contributed by atoms with van der Waals surface area (Å²) in [4.78, 5) is 15.6. The summed E-state index contributed by atoms with van der Waals surface area (Å²) in [5.74, 6) is 4.90. The number of aryl methyl sites for hydroxylation is 1. The number of hydrazine groups is 1. The molecule has 1 aromatic rings. The summed E-state index contributed by atoms with van der Waals surface area (Å²) in [5, 5.41) is 9.47. The van der Waals surface area contributed by atoms with Crippen molar-refractivity contribution in [2.45, 2.75) is 32.4 Å². The molecule has 2 rings (SSSR count). The molecular weight excluding hydrogens is 250 g/mol. The van der Waals surface area contributed by atoms with Crippen molar-refractivity contribution in [3.05, 3.63) is 21.4 Å². The molecule has 0 atom stereocenters. The van der Waals surface area contributed by atoms with E-state index in [0.29, 0.717) is 4.88 Å². The van der Waals surface area contributed by atoms with Crippen molar-refractivity contribution in [2.75, 3.05) is 13.1 Å². The zero-order valence-corrected chi connectivity index (χ0v) is 11.3. The summed E-state index contributed by atoms with van der Waals surface area (Å²) < 4.78 is 0. The van der Waals surface area contributed by atoms with Crippen LogP contribution in [0.2, 0.25) is 0 Å². The minimum atomic E-state index is -0.233. The topological polar surface area (TPSA) is 78.6 Å². The van der Waals surface area contributed by atoms with Crippen molar-refractivity contribution in [1.29, 1.82) is 0 Å². The number of nitrogens with two attached hydrogens (primary N) is 1. The van der Waals surface area contributed by atoms with Gasteiger partial charge >= 0.3 is 0 Å². The van der Waals surface area contributed by atoms with E-state index in [9.17, 15) is 9.90 Å². The number of amides is 1. The first-order valence-electron chi connectivity index (χ1n) is 6.11. The number of thiophene rings is 1. The number of rotatable bonds is 3. The number of nitrogens with zero attached hydrogens (tertiary/aromatic N) is 1. The van der Waals surface area contributed by atoms with E-state index in [1.807, 2.05) is 13.0 Å². The van der Waals surface area contributed by atoms with Crippen LogP contribution in [-0.2, 0) is 6.54 Å². The molecule has 18 heavy (non-hydrogen) atoms. The minimum absolute atomic E-state index is 0.150. The molecule has 0 aliphatic carbocycles. The van der Waals surface area contributed by atoms with E-state index in [1.54, 1.807) is 0 Å². The third-order valence-corrected chi connectivity index (χ3v) is 4.42. The van der Waals surface area contributed by atoms with Crippen LogP contribution in [0.25, 0.3) is 0 Å². The SMILES string of the molecule is Cc1sc(C(=O)NN)cc1CN1CCC(O)CC1. The number of hydrogen-bond donors (Lipinski definition) is 3. The van der Waals surface area contributed by atoms with Gasteiger partial charge in [0.1, 0.15) is 0 Å². The van der Waals surface area contributed by atoms with Gasteiger partial charge in [-0.05, 0) is 31.4 Å². The van der Waals surface area contributed by atoms with Crippen LogP contribution in [0.5, 0.6) is 0 Å².